The monoisotopic (exact) mass is 237 g/mol. The van der Waals surface area contributed by atoms with Crippen LogP contribution in [0.2, 0.25) is 0 Å². The van der Waals surface area contributed by atoms with E-state index in [1.807, 2.05) is 0 Å². The van der Waals surface area contributed by atoms with Crippen molar-refractivity contribution in [2.24, 2.45) is 0 Å². The molecule has 0 aliphatic rings. The van der Waals surface area contributed by atoms with Gasteiger partial charge in [0.2, 0.25) is 0 Å². The Morgan fingerprint density at radius 2 is 0.714 bits per heavy atom. The Bertz CT molecular complexity index is 183. The first kappa shape index (κ1) is 23.4. The van der Waals surface area contributed by atoms with Crippen LogP contribution in [0.5, 0.6) is 0 Å². The van der Waals surface area contributed by atoms with Crippen LogP contribution in [0.15, 0.2) is 0 Å². The Morgan fingerprint density at radius 1 is 0.643 bits per heavy atom. The van der Waals surface area contributed by atoms with Crippen molar-refractivity contribution in [3.63, 3.8) is 0 Å². The molecule has 7 N–H and O–H groups in total. The molecule has 10 heteroatoms. The van der Waals surface area contributed by atoms with Gasteiger partial charge in [-0.05, 0) is 0 Å². The number of hydrogen-bond donors (Lipinski definition) is 5. The van der Waals surface area contributed by atoms with Gasteiger partial charge in [-0.2, -0.15) is 0 Å². The molecule has 0 unspecified atom stereocenters. The minimum atomic E-state index is -1.82. The minimum Gasteiger partial charge on any atom is -1.00 e. The first-order valence-corrected chi connectivity index (χ1v) is 2.21. The molecule has 78 valence electrons. The van der Waals surface area contributed by atoms with Crippen molar-refractivity contribution in [2.45, 2.75) is 0 Å². The fraction of sp³-hybridized carbons (Fsp3) is 0. The van der Waals surface area contributed by atoms with Crippen LogP contribution in [0.3, 0.4) is 0 Å². The number of carboxylic acids is 4. The van der Waals surface area contributed by atoms with Crippen LogP contribution in [0.4, 0.5) is 0 Å². The van der Waals surface area contributed by atoms with Gasteiger partial charge >= 0.3 is 75.3 Å². The summed E-state index contributed by atoms with van der Waals surface area (Å²) < 4.78 is 0. The fourth-order valence-electron chi connectivity index (χ4n) is 0. The maximum Gasteiger partial charge on any atom is 1.00 e. The van der Waals surface area contributed by atoms with E-state index in [0.29, 0.717) is 0 Å². The van der Waals surface area contributed by atoms with E-state index in [1.165, 1.54) is 0 Å². The molecule has 0 radical (unpaired) electrons. The predicted octanol–water partition coefficient (Wildman–Crippen LogP) is -4.41. The Balaban J connectivity index is -0.0000000370. The van der Waals surface area contributed by atoms with Crippen LogP contribution in [-0.2, 0) is 19.2 Å². The van der Waals surface area contributed by atoms with Gasteiger partial charge in [0.15, 0.2) is 0 Å². The van der Waals surface area contributed by atoms with Gasteiger partial charge in [0.25, 0.3) is 0 Å². The van der Waals surface area contributed by atoms with Gasteiger partial charge in [-0.15, -0.1) is 0 Å². The summed E-state index contributed by atoms with van der Waals surface area (Å²) in [6, 6.07) is 0. The van der Waals surface area contributed by atoms with E-state index in [4.69, 9.17) is 39.6 Å². The molecule has 0 bridgehead atoms. The Morgan fingerprint density at radius 3 is 0.714 bits per heavy atom. The van der Waals surface area contributed by atoms with Crippen LogP contribution in [0.1, 0.15) is 1.43 Å². The quantitative estimate of drug-likeness (QED) is 0.205. The summed E-state index contributed by atoms with van der Waals surface area (Å²) in [6.07, 6.45) is 0. The topological polar surface area (TPSA) is 184 Å². The average Bonchev–Trinajstić information content (AvgIpc) is 1.88. The molecule has 0 heterocycles. The van der Waals surface area contributed by atoms with Gasteiger partial charge in [-0.1, -0.05) is 0 Å². The molecule has 9 nitrogen and oxygen atoms in total. The molecule has 0 aromatic carbocycles. The molecule has 0 saturated heterocycles. The van der Waals surface area contributed by atoms with E-state index in [9.17, 15) is 0 Å². The molecule has 0 aromatic heterocycles. The van der Waals surface area contributed by atoms with Crippen LogP contribution in [0, 0.1) is 0 Å². The third-order valence-electron chi connectivity index (χ3n) is 0.366. The predicted molar refractivity (Wildman–Crippen MR) is 36.7 cm³/mol. The second-order valence-corrected chi connectivity index (χ2v) is 1.22. The van der Waals surface area contributed by atoms with Gasteiger partial charge in [0, 0.05) is 0 Å². The molecular weight excluding hydrogens is 229 g/mol. The van der Waals surface area contributed by atoms with Crippen molar-refractivity contribution in [1.29, 1.82) is 0 Å². The third kappa shape index (κ3) is 22.5. The van der Waals surface area contributed by atoms with Crippen LogP contribution >= 0.6 is 0 Å². The van der Waals surface area contributed by atoms with Gasteiger partial charge in [-0.3, -0.25) is 0 Å². The summed E-state index contributed by atoms with van der Waals surface area (Å²) in [6.45, 7) is 0. The molecule has 14 heavy (non-hydrogen) atoms. The molecular formula is C4H8KNO8. The fourth-order valence-corrected chi connectivity index (χ4v) is 0. The second-order valence-electron chi connectivity index (χ2n) is 1.22. The first-order chi connectivity index (χ1) is 5.29. The number of rotatable bonds is 0. The maximum atomic E-state index is 9.10. The molecule has 0 saturated carbocycles. The molecule has 0 spiro atoms. The van der Waals surface area contributed by atoms with E-state index in [-0.39, 0.29) is 59.0 Å². The standard InChI is InChI=1S/2C2H2O4.K.H3N.H/c2*3-1(4)2(5)6;;;/h2*(H,3,4)(H,5,6);;1H3;/q;;+1;;-1. The van der Waals surface area contributed by atoms with Crippen LogP contribution in [0.25, 0.3) is 0 Å². The Hall–Kier alpha value is -0.524. The van der Waals surface area contributed by atoms with Crippen molar-refractivity contribution in [1.82, 2.24) is 6.15 Å². The zero-order chi connectivity index (χ0) is 10.3. The zero-order valence-corrected chi connectivity index (χ0v) is 10.3. The number of aliphatic carboxylic acids is 4. The summed E-state index contributed by atoms with van der Waals surface area (Å²) in [4.78, 5) is 36.4. The maximum absolute atomic E-state index is 9.10. The summed E-state index contributed by atoms with van der Waals surface area (Å²) in [5, 5.41) is 29.6. The van der Waals surface area contributed by atoms with E-state index >= 15 is 0 Å². The largest absolute Gasteiger partial charge is 1.00 e. The van der Waals surface area contributed by atoms with Gasteiger partial charge < -0.3 is 28.0 Å². The van der Waals surface area contributed by atoms with Gasteiger partial charge in [-0.25, -0.2) is 19.2 Å². The molecule has 0 fully saturated rings. The van der Waals surface area contributed by atoms with Crippen LogP contribution < -0.4 is 57.5 Å². The molecule has 0 aliphatic heterocycles. The molecule has 0 atom stereocenters. The van der Waals surface area contributed by atoms with Crippen molar-refractivity contribution in [3.8, 4) is 0 Å². The summed E-state index contributed by atoms with van der Waals surface area (Å²) >= 11 is 0. The summed E-state index contributed by atoms with van der Waals surface area (Å²) in [5.41, 5.74) is 0. The summed E-state index contributed by atoms with van der Waals surface area (Å²) in [7, 11) is 0. The number of carbonyl (C=O) groups is 4. The van der Waals surface area contributed by atoms with Crippen molar-refractivity contribution >= 4 is 23.9 Å². The molecule has 0 amide bonds. The smallest absolute Gasteiger partial charge is 1.00 e. The van der Waals surface area contributed by atoms with Gasteiger partial charge in [0.1, 0.15) is 0 Å². The van der Waals surface area contributed by atoms with Crippen molar-refractivity contribution in [3.05, 3.63) is 0 Å². The molecule has 0 aliphatic carbocycles. The summed E-state index contributed by atoms with van der Waals surface area (Å²) in [5.74, 6) is -7.30. The second kappa shape index (κ2) is 12.5. The van der Waals surface area contributed by atoms with E-state index < -0.39 is 23.9 Å². The molecule has 0 rings (SSSR count). The van der Waals surface area contributed by atoms with E-state index in [1.54, 1.807) is 0 Å². The molecule has 0 aromatic rings. The third-order valence-corrected chi connectivity index (χ3v) is 0.366. The van der Waals surface area contributed by atoms with Gasteiger partial charge in [0.05, 0.1) is 0 Å². The number of hydrogen-bond acceptors (Lipinski definition) is 5. The minimum absolute atomic E-state index is 0. The Labute approximate surface area is 121 Å². The SMILES string of the molecule is N.O=C(O)C(=O)O.O=C(O)C(=O)O.[H-].[K+]. The van der Waals surface area contributed by atoms with E-state index in [2.05, 4.69) is 0 Å². The normalized spacial score (nSPS) is 6.29. The van der Waals surface area contributed by atoms with Crippen LogP contribution in [-0.4, -0.2) is 44.3 Å². The number of carboxylic acid groups (broad SMARTS) is 4. The van der Waals surface area contributed by atoms with Crippen molar-refractivity contribution in [2.75, 3.05) is 0 Å². The first-order valence-electron chi connectivity index (χ1n) is 2.21. The zero-order valence-electron chi connectivity index (χ0n) is 8.13. The van der Waals surface area contributed by atoms with E-state index in [0.717, 1.165) is 0 Å². The van der Waals surface area contributed by atoms with Crippen molar-refractivity contribution < 1.29 is 92.4 Å². The average molecular weight is 237 g/mol. The Kier molecular flexibility index (Phi) is 20.8.